The van der Waals surface area contributed by atoms with Crippen molar-refractivity contribution in [3.63, 3.8) is 0 Å². The third-order valence-electron chi connectivity index (χ3n) is 8.08. The Labute approximate surface area is 174 Å². The second kappa shape index (κ2) is 8.14. The predicted molar refractivity (Wildman–Crippen MR) is 110 cm³/mol. The van der Waals surface area contributed by atoms with Gasteiger partial charge >= 0.3 is 6.17 Å². The maximum absolute atomic E-state index is 13.7. The Morgan fingerprint density at radius 1 is 1.28 bits per heavy atom. The molecule has 1 amide bonds. The minimum absolute atomic E-state index is 0.0292. The van der Waals surface area contributed by atoms with Gasteiger partial charge in [-0.05, 0) is 48.9 Å². The van der Waals surface area contributed by atoms with E-state index < -0.39 is 22.4 Å². The lowest BCUT2D eigenvalue weighted by atomic mass is 9.63. The van der Waals surface area contributed by atoms with Crippen LogP contribution in [0.25, 0.3) is 4.85 Å². The molecule has 3 fully saturated rings. The summed E-state index contributed by atoms with van der Waals surface area (Å²) in [5, 5.41) is 0. The van der Waals surface area contributed by atoms with Crippen molar-refractivity contribution in [1.82, 2.24) is 9.21 Å². The molecule has 164 valence electrons. The lowest BCUT2D eigenvalue weighted by Gasteiger charge is -2.43. The third-order valence-corrected chi connectivity index (χ3v) is 10.0. The molecule has 8 heteroatoms. The largest absolute Gasteiger partial charge is 0.303 e. The molecule has 6 nitrogen and oxygen atoms in total. The van der Waals surface area contributed by atoms with Crippen molar-refractivity contribution >= 4 is 15.9 Å². The van der Waals surface area contributed by atoms with Crippen LogP contribution in [0.1, 0.15) is 65.7 Å². The topological polar surface area (TPSA) is 62.1 Å². The molecule has 0 bridgehead atoms. The Morgan fingerprint density at radius 3 is 2.66 bits per heavy atom. The van der Waals surface area contributed by atoms with Gasteiger partial charge in [-0.2, -0.15) is 0 Å². The molecule has 3 aliphatic rings. The lowest BCUT2D eigenvalue weighted by molar-refractivity contribution is -0.132. The summed E-state index contributed by atoms with van der Waals surface area (Å²) in [6.45, 7) is 15.0. The van der Waals surface area contributed by atoms with E-state index in [1.807, 2.05) is 0 Å². The summed E-state index contributed by atoms with van der Waals surface area (Å²) in [5.74, 6) is 0.373. The van der Waals surface area contributed by atoms with Crippen molar-refractivity contribution in [3.8, 4) is 0 Å². The summed E-state index contributed by atoms with van der Waals surface area (Å²) in [6, 6.07) is 0. The van der Waals surface area contributed by atoms with Gasteiger partial charge in [-0.1, -0.05) is 20.8 Å². The van der Waals surface area contributed by atoms with Crippen molar-refractivity contribution in [2.24, 2.45) is 16.7 Å². The summed E-state index contributed by atoms with van der Waals surface area (Å²) in [6.07, 6.45) is 2.90. The summed E-state index contributed by atoms with van der Waals surface area (Å²) < 4.78 is 40.2. The Bertz CT molecular complexity index is 779. The van der Waals surface area contributed by atoms with E-state index in [-0.39, 0.29) is 41.4 Å². The molecule has 1 saturated carbocycles. The zero-order chi connectivity index (χ0) is 21.4. The van der Waals surface area contributed by atoms with Gasteiger partial charge in [0.05, 0.1) is 18.7 Å². The fraction of sp³-hybridized carbons (Fsp3) is 0.905. The molecule has 3 rings (SSSR count). The molecule has 0 radical (unpaired) electrons. The van der Waals surface area contributed by atoms with E-state index in [4.69, 9.17) is 6.57 Å². The zero-order valence-corrected chi connectivity index (χ0v) is 18.7. The van der Waals surface area contributed by atoms with E-state index in [1.165, 1.54) is 4.90 Å². The van der Waals surface area contributed by atoms with Crippen LogP contribution in [0.3, 0.4) is 0 Å². The first-order valence-corrected chi connectivity index (χ1v) is 12.4. The van der Waals surface area contributed by atoms with Gasteiger partial charge in [0, 0.05) is 19.5 Å². The maximum Gasteiger partial charge on any atom is 0.303 e. The van der Waals surface area contributed by atoms with E-state index >= 15 is 0 Å². The smallest absolute Gasteiger partial charge is 0.289 e. The van der Waals surface area contributed by atoms with E-state index in [2.05, 4.69) is 25.6 Å². The van der Waals surface area contributed by atoms with E-state index in [0.717, 1.165) is 25.7 Å². The molecule has 1 aliphatic carbocycles. The average molecular weight is 428 g/mol. The van der Waals surface area contributed by atoms with E-state index in [9.17, 15) is 17.6 Å². The number of rotatable bonds is 5. The standard InChI is InChI=1S/C21H34FN3O3S/c1-20(2)16(14-24-11-5-6-12-29(24,27)28)7-9-21(20,3)10-8-19(26)25-15-17(22)13-18(25)23-4/h16-18H,5-15H2,1-3H3/t16-,17-,18-,21+/m0/s1. The van der Waals surface area contributed by atoms with Gasteiger partial charge in [-0.15, -0.1) is 0 Å². The van der Waals surface area contributed by atoms with Crippen molar-refractivity contribution in [2.75, 3.05) is 25.4 Å². The van der Waals surface area contributed by atoms with Crippen LogP contribution in [0.5, 0.6) is 0 Å². The van der Waals surface area contributed by atoms with Crippen LogP contribution in [-0.4, -0.2) is 61.3 Å². The Balaban J connectivity index is 1.63. The number of halogens is 1. The molecule has 0 unspecified atom stereocenters. The lowest BCUT2D eigenvalue weighted by Crippen LogP contribution is -2.45. The zero-order valence-electron chi connectivity index (χ0n) is 17.9. The minimum atomic E-state index is -3.14. The Hall–Kier alpha value is -1.20. The summed E-state index contributed by atoms with van der Waals surface area (Å²) in [4.78, 5) is 17.5. The van der Waals surface area contributed by atoms with Crippen LogP contribution in [0, 0.1) is 23.3 Å². The number of nitrogens with zero attached hydrogens (tertiary/aromatic N) is 3. The molecule has 2 aliphatic heterocycles. The SMILES string of the molecule is [C-]#[N+][C@@H]1C[C@H](F)CN1C(=O)CC[C@@]1(C)CC[C@@H](CN2CCCCS2(=O)=O)C1(C)C. The normalized spacial score (nSPS) is 36.8. The molecule has 2 heterocycles. The summed E-state index contributed by atoms with van der Waals surface area (Å²) >= 11 is 0. The number of sulfonamides is 1. The predicted octanol–water partition coefficient (Wildman–Crippen LogP) is 3.45. The van der Waals surface area contributed by atoms with Gasteiger partial charge in [0.2, 0.25) is 15.9 Å². The molecule has 0 aromatic heterocycles. The van der Waals surface area contributed by atoms with Crippen LogP contribution in [0.15, 0.2) is 0 Å². The number of carbonyl (C=O) groups excluding carboxylic acids is 1. The molecule has 0 aromatic rings. The molecule has 29 heavy (non-hydrogen) atoms. The van der Waals surface area contributed by atoms with Crippen molar-refractivity contribution in [3.05, 3.63) is 11.4 Å². The van der Waals surface area contributed by atoms with Gasteiger partial charge in [-0.25, -0.2) is 23.7 Å². The van der Waals surface area contributed by atoms with Crippen LogP contribution in [-0.2, 0) is 14.8 Å². The highest BCUT2D eigenvalue weighted by atomic mass is 32.2. The van der Waals surface area contributed by atoms with Gasteiger partial charge in [0.15, 0.2) is 0 Å². The van der Waals surface area contributed by atoms with Crippen LogP contribution >= 0.6 is 0 Å². The fourth-order valence-electron chi connectivity index (χ4n) is 5.41. The Kier molecular flexibility index (Phi) is 6.31. The quantitative estimate of drug-likeness (QED) is 0.632. The van der Waals surface area contributed by atoms with Crippen molar-refractivity contribution < 1.29 is 17.6 Å². The van der Waals surface area contributed by atoms with Gasteiger partial charge in [-0.3, -0.25) is 14.5 Å². The molecule has 2 saturated heterocycles. The molecule has 0 N–H and O–H groups in total. The van der Waals surface area contributed by atoms with Gasteiger partial charge in [0.1, 0.15) is 6.17 Å². The van der Waals surface area contributed by atoms with Crippen LogP contribution in [0.4, 0.5) is 4.39 Å². The first-order valence-electron chi connectivity index (χ1n) is 10.8. The van der Waals surface area contributed by atoms with Crippen molar-refractivity contribution in [1.29, 1.82) is 0 Å². The number of carbonyl (C=O) groups is 1. The first kappa shape index (κ1) is 22.5. The van der Waals surface area contributed by atoms with Crippen LogP contribution in [0.2, 0.25) is 0 Å². The summed E-state index contributed by atoms with van der Waals surface area (Å²) in [7, 11) is -3.14. The summed E-state index contributed by atoms with van der Waals surface area (Å²) in [5.41, 5.74) is -0.192. The number of likely N-dealkylation sites (tertiary alicyclic amines) is 1. The molecule has 0 spiro atoms. The fourth-order valence-corrected chi connectivity index (χ4v) is 7.05. The maximum atomic E-state index is 13.7. The molecular weight excluding hydrogens is 393 g/mol. The third kappa shape index (κ3) is 4.32. The highest BCUT2D eigenvalue weighted by Gasteiger charge is 2.52. The first-order chi connectivity index (χ1) is 13.5. The molecule has 4 atom stereocenters. The molecule has 0 aromatic carbocycles. The van der Waals surface area contributed by atoms with E-state index in [0.29, 0.717) is 25.9 Å². The highest BCUT2D eigenvalue weighted by Crippen LogP contribution is 2.58. The van der Waals surface area contributed by atoms with Gasteiger partial charge < -0.3 is 0 Å². The Morgan fingerprint density at radius 2 is 2.00 bits per heavy atom. The van der Waals surface area contributed by atoms with E-state index in [1.54, 1.807) is 4.31 Å². The van der Waals surface area contributed by atoms with Crippen LogP contribution < -0.4 is 0 Å². The minimum Gasteiger partial charge on any atom is -0.289 e. The monoisotopic (exact) mass is 427 g/mol. The second-order valence-corrected chi connectivity index (χ2v) is 12.0. The van der Waals surface area contributed by atoms with Crippen molar-refractivity contribution in [2.45, 2.75) is 78.1 Å². The highest BCUT2D eigenvalue weighted by molar-refractivity contribution is 7.89. The number of hydrogen-bond donors (Lipinski definition) is 0. The second-order valence-electron chi connectivity index (χ2n) is 9.89. The number of amides is 1. The van der Waals surface area contributed by atoms with Gasteiger partial charge in [0.25, 0.3) is 0 Å². The number of alkyl halides is 1. The number of hydrogen-bond acceptors (Lipinski definition) is 3. The average Bonchev–Trinajstić information content (AvgIpc) is 3.13. The molecular formula is C21H34FN3O3S.